The van der Waals surface area contributed by atoms with E-state index in [1.807, 2.05) is 30.0 Å². The quantitative estimate of drug-likeness (QED) is 0.737. The van der Waals surface area contributed by atoms with Crippen LogP contribution in [0.1, 0.15) is 48.5 Å². The van der Waals surface area contributed by atoms with Crippen molar-refractivity contribution in [1.29, 1.82) is 0 Å². The van der Waals surface area contributed by atoms with Crippen molar-refractivity contribution in [3.8, 4) is 5.75 Å². The number of nitrogens with zero attached hydrogens (tertiary/aromatic N) is 2. The second-order valence-electron chi connectivity index (χ2n) is 8.28. The van der Waals surface area contributed by atoms with Crippen LogP contribution in [0, 0.1) is 6.92 Å². The summed E-state index contributed by atoms with van der Waals surface area (Å²) in [5.41, 5.74) is 1.58. The number of hydrogen-bond acceptors (Lipinski definition) is 5. The Morgan fingerprint density at radius 3 is 2.67 bits per heavy atom. The molecule has 0 radical (unpaired) electrons. The van der Waals surface area contributed by atoms with Crippen LogP contribution in [0.2, 0.25) is 0 Å². The molecule has 0 bridgehead atoms. The van der Waals surface area contributed by atoms with Crippen LogP contribution in [0.4, 0.5) is 0 Å². The van der Waals surface area contributed by atoms with E-state index >= 15 is 0 Å². The number of methoxy groups -OCH3 is 1. The molecule has 1 unspecified atom stereocenters. The third-order valence-electron chi connectivity index (χ3n) is 6.30. The van der Waals surface area contributed by atoms with Crippen molar-refractivity contribution in [2.24, 2.45) is 0 Å². The summed E-state index contributed by atoms with van der Waals surface area (Å²) in [7, 11) is 1.62. The molecule has 1 aromatic carbocycles. The van der Waals surface area contributed by atoms with Crippen molar-refractivity contribution in [2.75, 3.05) is 46.5 Å². The van der Waals surface area contributed by atoms with Crippen LogP contribution in [-0.4, -0.2) is 80.2 Å². The van der Waals surface area contributed by atoms with E-state index in [1.165, 1.54) is 0 Å². The van der Waals surface area contributed by atoms with Gasteiger partial charge in [-0.2, -0.15) is 0 Å². The standard InChI is InChI=1S/C23H35N3O4/c1-17-15-21(29-3)6-7-22(17)23(28)24-10-12-26(19-8-13-30-14-9-19)20-5-4-11-25(16-20)18(2)27/h6-7,15,19-20H,4-5,8-14,16H2,1-3H3,(H,24,28). The fraction of sp³-hybridized carbons (Fsp3) is 0.652. The van der Waals surface area contributed by atoms with Crippen LogP contribution in [0.25, 0.3) is 0 Å². The molecule has 7 heteroatoms. The molecule has 166 valence electrons. The topological polar surface area (TPSA) is 71.1 Å². The second-order valence-corrected chi connectivity index (χ2v) is 8.28. The van der Waals surface area contributed by atoms with E-state index < -0.39 is 0 Å². The predicted octanol–water partition coefficient (Wildman–Crippen LogP) is 2.23. The number of carbonyl (C=O) groups is 2. The number of hydrogen-bond donors (Lipinski definition) is 1. The molecule has 1 atom stereocenters. The first kappa shape index (κ1) is 22.6. The third kappa shape index (κ3) is 5.73. The number of aryl methyl sites for hydroxylation is 1. The normalized spacial score (nSPS) is 20.3. The predicted molar refractivity (Wildman–Crippen MR) is 116 cm³/mol. The highest BCUT2D eigenvalue weighted by molar-refractivity contribution is 5.95. The summed E-state index contributed by atoms with van der Waals surface area (Å²) in [5.74, 6) is 0.841. The maximum absolute atomic E-state index is 12.7. The van der Waals surface area contributed by atoms with Gasteiger partial charge in [-0.05, 0) is 56.4 Å². The number of benzene rings is 1. The lowest BCUT2D eigenvalue weighted by Gasteiger charge is -2.44. The van der Waals surface area contributed by atoms with E-state index in [-0.39, 0.29) is 11.8 Å². The van der Waals surface area contributed by atoms with Gasteiger partial charge in [0.1, 0.15) is 5.75 Å². The fourth-order valence-corrected chi connectivity index (χ4v) is 4.60. The van der Waals surface area contributed by atoms with Crippen LogP contribution >= 0.6 is 0 Å². The molecule has 2 aliphatic heterocycles. The number of rotatable bonds is 7. The highest BCUT2D eigenvalue weighted by Gasteiger charge is 2.31. The van der Waals surface area contributed by atoms with Crippen molar-refractivity contribution >= 4 is 11.8 Å². The molecule has 2 saturated heterocycles. The minimum Gasteiger partial charge on any atom is -0.497 e. The lowest BCUT2D eigenvalue weighted by molar-refractivity contribution is -0.131. The zero-order valence-electron chi connectivity index (χ0n) is 18.5. The van der Waals surface area contributed by atoms with Gasteiger partial charge in [0, 0.05) is 64.0 Å². The average Bonchev–Trinajstić information content (AvgIpc) is 2.77. The number of carbonyl (C=O) groups excluding carboxylic acids is 2. The van der Waals surface area contributed by atoms with Gasteiger partial charge in [0.05, 0.1) is 7.11 Å². The molecule has 2 heterocycles. The Hall–Kier alpha value is -2.12. The molecule has 2 amide bonds. The van der Waals surface area contributed by atoms with Crippen LogP contribution < -0.4 is 10.1 Å². The molecule has 3 rings (SSSR count). The lowest BCUT2D eigenvalue weighted by Crippen LogP contribution is -2.55. The fourth-order valence-electron chi connectivity index (χ4n) is 4.60. The summed E-state index contributed by atoms with van der Waals surface area (Å²) >= 11 is 0. The first-order valence-electron chi connectivity index (χ1n) is 11.0. The van der Waals surface area contributed by atoms with E-state index in [1.54, 1.807) is 14.0 Å². The van der Waals surface area contributed by atoms with Crippen LogP contribution in [-0.2, 0) is 9.53 Å². The van der Waals surface area contributed by atoms with E-state index in [2.05, 4.69) is 10.2 Å². The van der Waals surface area contributed by atoms with E-state index in [4.69, 9.17) is 9.47 Å². The Labute approximate surface area is 179 Å². The van der Waals surface area contributed by atoms with E-state index in [9.17, 15) is 9.59 Å². The maximum Gasteiger partial charge on any atom is 0.251 e. The number of amides is 2. The molecular weight excluding hydrogens is 382 g/mol. The Morgan fingerprint density at radius 2 is 2.00 bits per heavy atom. The van der Waals surface area contributed by atoms with Gasteiger partial charge >= 0.3 is 0 Å². The molecule has 0 spiro atoms. The Bertz CT molecular complexity index is 733. The molecule has 0 saturated carbocycles. The summed E-state index contributed by atoms with van der Waals surface area (Å²) in [6, 6.07) is 6.28. The minimum absolute atomic E-state index is 0.0592. The van der Waals surface area contributed by atoms with Crippen molar-refractivity contribution in [3.63, 3.8) is 0 Å². The molecule has 1 N–H and O–H groups in total. The maximum atomic E-state index is 12.7. The molecular formula is C23H35N3O4. The van der Waals surface area contributed by atoms with Crippen molar-refractivity contribution in [3.05, 3.63) is 29.3 Å². The second kappa shape index (κ2) is 10.8. The van der Waals surface area contributed by atoms with Gasteiger partial charge in [-0.3, -0.25) is 14.5 Å². The van der Waals surface area contributed by atoms with Gasteiger partial charge in [-0.15, -0.1) is 0 Å². The molecule has 1 aromatic rings. The third-order valence-corrected chi connectivity index (χ3v) is 6.30. The van der Waals surface area contributed by atoms with E-state index in [0.717, 1.165) is 69.8 Å². The smallest absolute Gasteiger partial charge is 0.251 e. The number of nitrogens with one attached hydrogen (secondary N) is 1. The van der Waals surface area contributed by atoms with Crippen LogP contribution in [0.5, 0.6) is 5.75 Å². The van der Waals surface area contributed by atoms with Crippen molar-refractivity contribution in [1.82, 2.24) is 15.1 Å². The Kier molecular flexibility index (Phi) is 8.10. The molecule has 30 heavy (non-hydrogen) atoms. The monoisotopic (exact) mass is 417 g/mol. The van der Waals surface area contributed by atoms with E-state index in [0.29, 0.717) is 24.2 Å². The Morgan fingerprint density at radius 1 is 1.23 bits per heavy atom. The van der Waals surface area contributed by atoms with Gasteiger partial charge < -0.3 is 19.7 Å². The zero-order valence-corrected chi connectivity index (χ0v) is 18.5. The summed E-state index contributed by atoms with van der Waals surface area (Å²) < 4.78 is 10.8. The zero-order chi connectivity index (χ0) is 21.5. The van der Waals surface area contributed by atoms with Gasteiger partial charge in [0.15, 0.2) is 0 Å². The molecule has 0 aliphatic carbocycles. The van der Waals surface area contributed by atoms with Gasteiger partial charge in [-0.1, -0.05) is 0 Å². The number of ether oxygens (including phenoxy) is 2. The summed E-state index contributed by atoms with van der Waals surface area (Å²) in [6.45, 7) is 8.12. The van der Waals surface area contributed by atoms with Gasteiger partial charge in [0.25, 0.3) is 5.91 Å². The van der Waals surface area contributed by atoms with Gasteiger partial charge in [0.2, 0.25) is 5.91 Å². The minimum atomic E-state index is -0.0592. The molecule has 7 nitrogen and oxygen atoms in total. The van der Waals surface area contributed by atoms with Gasteiger partial charge in [-0.25, -0.2) is 0 Å². The lowest BCUT2D eigenvalue weighted by atomic mass is 9.98. The highest BCUT2D eigenvalue weighted by atomic mass is 16.5. The summed E-state index contributed by atoms with van der Waals surface area (Å²) in [5, 5.41) is 3.09. The summed E-state index contributed by atoms with van der Waals surface area (Å²) in [4.78, 5) is 29.1. The number of likely N-dealkylation sites (tertiary alicyclic amines) is 1. The molecule has 0 aromatic heterocycles. The largest absolute Gasteiger partial charge is 0.497 e. The average molecular weight is 418 g/mol. The van der Waals surface area contributed by atoms with Crippen molar-refractivity contribution in [2.45, 2.75) is 51.6 Å². The first-order valence-corrected chi connectivity index (χ1v) is 11.0. The van der Waals surface area contributed by atoms with Crippen molar-refractivity contribution < 1.29 is 19.1 Å². The van der Waals surface area contributed by atoms with Crippen LogP contribution in [0.3, 0.4) is 0 Å². The first-order chi connectivity index (χ1) is 14.5. The number of piperidine rings is 1. The molecule has 2 aliphatic rings. The summed E-state index contributed by atoms with van der Waals surface area (Å²) in [6.07, 6.45) is 4.12. The molecule has 2 fully saturated rings. The Balaban J connectivity index is 1.62. The van der Waals surface area contributed by atoms with Crippen LogP contribution in [0.15, 0.2) is 18.2 Å². The highest BCUT2D eigenvalue weighted by Crippen LogP contribution is 2.23. The SMILES string of the molecule is COc1ccc(C(=O)NCCN(C2CCOCC2)C2CCCN(C(C)=O)C2)c(C)c1.